The van der Waals surface area contributed by atoms with Crippen molar-refractivity contribution in [3.63, 3.8) is 0 Å². The molecule has 0 aromatic carbocycles. The maximum absolute atomic E-state index is 8.98. The zero-order valence-corrected chi connectivity index (χ0v) is 7.92. The fourth-order valence-corrected chi connectivity index (χ4v) is 0.641. The second kappa shape index (κ2) is 8.04. The third-order valence-corrected chi connectivity index (χ3v) is 1.70. The molecule has 1 unspecified atom stereocenters. The lowest BCUT2D eigenvalue weighted by Crippen LogP contribution is -2.17. The summed E-state index contributed by atoms with van der Waals surface area (Å²) in [4.78, 5) is 0. The van der Waals surface area contributed by atoms with Gasteiger partial charge in [-0.2, -0.15) is 0 Å². The first-order chi connectivity index (χ1) is 5.31. The molecule has 0 aliphatic carbocycles. The summed E-state index contributed by atoms with van der Waals surface area (Å²) in [7, 11) is 0. The number of aliphatic hydroxyl groups excluding tert-OH is 1. The van der Waals surface area contributed by atoms with Crippen molar-refractivity contribution in [3.8, 4) is 0 Å². The molecule has 1 N–H and O–H groups in total. The molecular weight excluding hydrogens is 212 g/mol. The number of rotatable bonds is 7. The Hall–Kier alpha value is -0.0600. The van der Waals surface area contributed by atoms with Gasteiger partial charge in [0.2, 0.25) is 0 Å². The third kappa shape index (κ3) is 7.84. The number of hydrogen-bond acceptors (Lipinski definition) is 3. The predicted molar refractivity (Wildman–Crippen MR) is 46.8 cm³/mol. The maximum Gasteiger partial charge on any atom is 0.111 e. The second-order valence-electron chi connectivity index (χ2n) is 1.92. The summed E-state index contributed by atoms with van der Waals surface area (Å²) >= 11 is 3.12. The highest BCUT2D eigenvalue weighted by atomic mass is 79.9. The minimum absolute atomic E-state index is 0.339. The lowest BCUT2D eigenvalue weighted by atomic mass is 10.4. The van der Waals surface area contributed by atoms with E-state index >= 15 is 0 Å². The Morgan fingerprint density at radius 2 is 2.27 bits per heavy atom. The molecule has 0 amide bonds. The third-order valence-electron chi connectivity index (χ3n) is 0.952. The van der Waals surface area contributed by atoms with E-state index in [9.17, 15) is 0 Å². The van der Waals surface area contributed by atoms with Crippen molar-refractivity contribution in [2.45, 2.75) is 6.10 Å². The van der Waals surface area contributed by atoms with E-state index in [2.05, 4.69) is 22.5 Å². The van der Waals surface area contributed by atoms with Gasteiger partial charge in [-0.25, -0.2) is 0 Å². The van der Waals surface area contributed by atoms with Crippen molar-refractivity contribution >= 4 is 15.9 Å². The van der Waals surface area contributed by atoms with Gasteiger partial charge in [-0.3, -0.25) is 0 Å². The van der Waals surface area contributed by atoms with Crippen LogP contribution in [0.4, 0.5) is 0 Å². The standard InChI is InChI=1S/C7H13BrO3/c1-2-10-3-4-11-6-7(9)5-8/h2,7,9H,1,3-6H2. The molecule has 0 spiro atoms. The van der Waals surface area contributed by atoms with Crippen LogP contribution in [0.15, 0.2) is 12.8 Å². The first-order valence-electron chi connectivity index (χ1n) is 3.35. The molecule has 0 saturated heterocycles. The van der Waals surface area contributed by atoms with Crippen LogP contribution in [0.5, 0.6) is 0 Å². The summed E-state index contributed by atoms with van der Waals surface area (Å²) in [6.07, 6.45) is 0.934. The Labute approximate surface area is 75.1 Å². The van der Waals surface area contributed by atoms with Crippen LogP contribution in [0.25, 0.3) is 0 Å². The fraction of sp³-hybridized carbons (Fsp3) is 0.714. The van der Waals surface area contributed by atoms with Gasteiger partial charge in [-0.1, -0.05) is 22.5 Å². The van der Waals surface area contributed by atoms with Crippen molar-refractivity contribution in [2.24, 2.45) is 0 Å². The molecule has 0 aromatic heterocycles. The van der Waals surface area contributed by atoms with Crippen LogP contribution < -0.4 is 0 Å². The van der Waals surface area contributed by atoms with Gasteiger partial charge in [0.1, 0.15) is 6.61 Å². The molecule has 3 nitrogen and oxygen atoms in total. The molecule has 0 heterocycles. The molecule has 0 aromatic rings. The first kappa shape index (κ1) is 10.9. The number of ether oxygens (including phenoxy) is 2. The van der Waals surface area contributed by atoms with Crippen LogP contribution in [-0.2, 0) is 9.47 Å². The second-order valence-corrected chi connectivity index (χ2v) is 2.57. The summed E-state index contributed by atoms with van der Waals surface area (Å²) < 4.78 is 9.83. The lowest BCUT2D eigenvalue weighted by Gasteiger charge is -2.07. The number of hydrogen-bond donors (Lipinski definition) is 1. The fourth-order valence-electron chi connectivity index (χ4n) is 0.454. The van der Waals surface area contributed by atoms with E-state index in [1.165, 1.54) is 6.26 Å². The van der Waals surface area contributed by atoms with Crippen LogP contribution in [-0.4, -0.2) is 36.4 Å². The molecule has 0 rings (SSSR count). The minimum atomic E-state index is -0.432. The molecule has 0 radical (unpaired) electrons. The Morgan fingerprint density at radius 3 is 2.82 bits per heavy atom. The zero-order valence-electron chi connectivity index (χ0n) is 6.33. The van der Waals surface area contributed by atoms with Crippen molar-refractivity contribution in [3.05, 3.63) is 12.8 Å². The summed E-state index contributed by atoms with van der Waals surface area (Å²) in [6.45, 7) is 4.68. The molecule has 0 saturated carbocycles. The van der Waals surface area contributed by atoms with Crippen molar-refractivity contribution in [2.75, 3.05) is 25.2 Å². The van der Waals surface area contributed by atoms with Gasteiger partial charge in [-0.05, 0) is 0 Å². The summed E-state index contributed by atoms with van der Waals surface area (Å²) in [5, 5.41) is 9.52. The first-order valence-corrected chi connectivity index (χ1v) is 4.47. The smallest absolute Gasteiger partial charge is 0.111 e. The molecule has 1 atom stereocenters. The monoisotopic (exact) mass is 224 g/mol. The van der Waals surface area contributed by atoms with Gasteiger partial charge >= 0.3 is 0 Å². The number of halogens is 1. The van der Waals surface area contributed by atoms with Gasteiger partial charge in [-0.15, -0.1) is 0 Å². The van der Waals surface area contributed by atoms with E-state index in [-0.39, 0.29) is 0 Å². The zero-order chi connectivity index (χ0) is 8.53. The van der Waals surface area contributed by atoms with E-state index < -0.39 is 6.10 Å². The average Bonchev–Trinajstić information content (AvgIpc) is 2.04. The topological polar surface area (TPSA) is 38.7 Å². The van der Waals surface area contributed by atoms with Gasteiger partial charge in [0.15, 0.2) is 0 Å². The van der Waals surface area contributed by atoms with Crippen molar-refractivity contribution < 1.29 is 14.6 Å². The average molecular weight is 225 g/mol. The number of aliphatic hydroxyl groups is 1. The Morgan fingerprint density at radius 1 is 1.55 bits per heavy atom. The van der Waals surface area contributed by atoms with E-state index in [0.29, 0.717) is 25.2 Å². The lowest BCUT2D eigenvalue weighted by molar-refractivity contribution is 0.0287. The molecule has 4 heteroatoms. The molecule has 66 valence electrons. The van der Waals surface area contributed by atoms with Gasteiger partial charge in [0.05, 0.1) is 25.6 Å². The minimum Gasteiger partial charge on any atom is -0.499 e. The van der Waals surface area contributed by atoms with Gasteiger partial charge in [0.25, 0.3) is 0 Å². The summed E-state index contributed by atoms with van der Waals surface area (Å²) in [5.74, 6) is 0. The summed E-state index contributed by atoms with van der Waals surface area (Å²) in [6, 6.07) is 0. The SMILES string of the molecule is C=COCCOCC(O)CBr. The van der Waals surface area contributed by atoms with Crippen LogP contribution in [0.1, 0.15) is 0 Å². The van der Waals surface area contributed by atoms with E-state index in [0.717, 1.165) is 0 Å². The van der Waals surface area contributed by atoms with E-state index in [4.69, 9.17) is 14.6 Å². The van der Waals surface area contributed by atoms with Crippen molar-refractivity contribution in [1.82, 2.24) is 0 Å². The van der Waals surface area contributed by atoms with Crippen LogP contribution >= 0.6 is 15.9 Å². The van der Waals surface area contributed by atoms with Crippen LogP contribution in [0, 0.1) is 0 Å². The van der Waals surface area contributed by atoms with E-state index in [1.54, 1.807) is 0 Å². The highest BCUT2D eigenvalue weighted by Gasteiger charge is 1.99. The summed E-state index contributed by atoms with van der Waals surface area (Å²) in [5.41, 5.74) is 0. The normalized spacial score (nSPS) is 12.5. The molecule has 0 fully saturated rings. The molecule has 0 aliphatic heterocycles. The van der Waals surface area contributed by atoms with Crippen LogP contribution in [0.3, 0.4) is 0 Å². The molecule has 0 aliphatic rings. The largest absolute Gasteiger partial charge is 0.499 e. The Kier molecular flexibility index (Phi) is 8.00. The molecular formula is C7H13BrO3. The van der Waals surface area contributed by atoms with E-state index in [1.807, 2.05) is 0 Å². The molecule has 0 bridgehead atoms. The van der Waals surface area contributed by atoms with Gasteiger partial charge in [0, 0.05) is 5.33 Å². The van der Waals surface area contributed by atoms with Gasteiger partial charge < -0.3 is 14.6 Å². The predicted octanol–water partition coefficient (Wildman–Crippen LogP) is 0.919. The Bertz CT molecular complexity index is 97.7. The Balaban J connectivity index is 2.95. The quantitative estimate of drug-likeness (QED) is 0.397. The number of alkyl halides is 1. The highest BCUT2D eigenvalue weighted by Crippen LogP contribution is 1.90. The van der Waals surface area contributed by atoms with Crippen molar-refractivity contribution in [1.29, 1.82) is 0 Å². The molecule has 11 heavy (non-hydrogen) atoms. The highest BCUT2D eigenvalue weighted by molar-refractivity contribution is 9.09. The van der Waals surface area contributed by atoms with Crippen LogP contribution in [0.2, 0.25) is 0 Å². The maximum atomic E-state index is 8.98.